The highest BCUT2D eigenvalue weighted by Gasteiger charge is 2.51. The first-order valence-corrected chi connectivity index (χ1v) is 5.60. The van der Waals surface area contributed by atoms with Crippen LogP contribution in [0.1, 0.15) is 12.8 Å². The van der Waals surface area contributed by atoms with Crippen LogP contribution < -0.4 is 0 Å². The van der Waals surface area contributed by atoms with Crippen molar-refractivity contribution in [2.75, 3.05) is 6.54 Å². The van der Waals surface area contributed by atoms with Gasteiger partial charge in [-0.25, -0.2) is 13.6 Å². The third-order valence-electron chi connectivity index (χ3n) is 2.62. The smallest absolute Gasteiger partial charge is 0.400 e. The Morgan fingerprint density at radius 3 is 2.37 bits per heavy atom. The lowest BCUT2D eigenvalue weighted by Crippen LogP contribution is -2.43. The van der Waals surface area contributed by atoms with Gasteiger partial charge in [-0.3, -0.25) is 4.79 Å². The second-order valence-electron chi connectivity index (χ2n) is 4.20. The standard InChI is InChI=1S/C9H10F5NO3S/c10-8(11)2-4(7(17)18)15(3-8)6(16)1-5(19)9(12,13)14/h4-5,19H,1-3H2,(H,17,18)/t4-,5?/m0/s1. The van der Waals surface area contributed by atoms with Gasteiger partial charge in [-0.05, 0) is 0 Å². The van der Waals surface area contributed by atoms with Crippen LogP contribution in [-0.2, 0) is 9.59 Å². The molecule has 110 valence electrons. The summed E-state index contributed by atoms with van der Waals surface area (Å²) in [6.07, 6.45) is -7.04. The van der Waals surface area contributed by atoms with E-state index in [1.807, 2.05) is 0 Å². The van der Waals surface area contributed by atoms with E-state index in [1.165, 1.54) is 0 Å². The molecule has 1 heterocycles. The maximum Gasteiger partial charge on any atom is 0.400 e. The Balaban J connectivity index is 2.78. The lowest BCUT2D eigenvalue weighted by molar-refractivity contribution is -0.152. The Morgan fingerprint density at radius 1 is 1.42 bits per heavy atom. The lowest BCUT2D eigenvalue weighted by Gasteiger charge is -2.23. The van der Waals surface area contributed by atoms with E-state index in [9.17, 15) is 31.5 Å². The summed E-state index contributed by atoms with van der Waals surface area (Å²) >= 11 is 3.16. The SMILES string of the molecule is O=C(O)[C@@H]1CC(F)(F)CN1C(=O)CC(S)C(F)(F)F. The Bertz CT molecular complexity index is 387. The van der Waals surface area contributed by atoms with E-state index in [0.29, 0.717) is 0 Å². The molecule has 1 aliphatic rings. The van der Waals surface area contributed by atoms with E-state index < -0.39 is 54.7 Å². The monoisotopic (exact) mass is 307 g/mol. The maximum absolute atomic E-state index is 13.0. The first kappa shape index (κ1) is 16.0. The van der Waals surface area contributed by atoms with Crippen molar-refractivity contribution in [1.82, 2.24) is 4.90 Å². The quantitative estimate of drug-likeness (QED) is 0.614. The highest BCUT2D eigenvalue weighted by molar-refractivity contribution is 7.81. The Kier molecular flexibility index (Phi) is 4.33. The van der Waals surface area contributed by atoms with Gasteiger partial charge in [0.25, 0.3) is 5.92 Å². The molecule has 0 aliphatic carbocycles. The molecule has 1 aliphatic heterocycles. The summed E-state index contributed by atoms with van der Waals surface area (Å²) in [6.45, 7) is -1.19. The molecule has 10 heteroatoms. The molecule has 0 radical (unpaired) electrons. The zero-order valence-electron chi connectivity index (χ0n) is 9.32. The fraction of sp³-hybridized carbons (Fsp3) is 0.778. The van der Waals surface area contributed by atoms with Gasteiger partial charge < -0.3 is 10.0 Å². The van der Waals surface area contributed by atoms with Gasteiger partial charge in [-0.1, -0.05) is 0 Å². The molecule has 0 aromatic rings. The van der Waals surface area contributed by atoms with E-state index in [-0.39, 0.29) is 4.90 Å². The second kappa shape index (κ2) is 5.14. The van der Waals surface area contributed by atoms with Gasteiger partial charge >= 0.3 is 12.1 Å². The topological polar surface area (TPSA) is 57.6 Å². The van der Waals surface area contributed by atoms with Gasteiger partial charge in [-0.15, -0.1) is 0 Å². The van der Waals surface area contributed by atoms with Crippen LogP contribution in [-0.4, -0.2) is 51.8 Å². The number of carboxylic acids is 1. The van der Waals surface area contributed by atoms with Crippen molar-refractivity contribution < 1.29 is 36.6 Å². The number of halogens is 5. The number of thiol groups is 1. The molecule has 1 N–H and O–H groups in total. The average Bonchev–Trinajstić information content (AvgIpc) is 2.53. The molecule has 19 heavy (non-hydrogen) atoms. The molecule has 0 spiro atoms. The minimum absolute atomic E-state index is 0.261. The minimum atomic E-state index is -4.76. The van der Waals surface area contributed by atoms with Crippen LogP contribution in [0.3, 0.4) is 0 Å². The summed E-state index contributed by atoms with van der Waals surface area (Å²) in [5.41, 5.74) is 0. The molecule has 0 saturated carbocycles. The number of nitrogens with zero attached hydrogens (tertiary/aromatic N) is 1. The summed E-state index contributed by atoms with van der Waals surface area (Å²) in [4.78, 5) is 22.5. The molecule has 1 rings (SSSR count). The largest absolute Gasteiger partial charge is 0.480 e. The number of likely N-dealkylation sites (tertiary alicyclic amines) is 1. The molecule has 0 aromatic carbocycles. The highest BCUT2D eigenvalue weighted by Crippen LogP contribution is 2.34. The van der Waals surface area contributed by atoms with Crippen molar-refractivity contribution in [1.29, 1.82) is 0 Å². The Morgan fingerprint density at radius 2 is 1.95 bits per heavy atom. The molecule has 1 unspecified atom stereocenters. The summed E-state index contributed by atoms with van der Waals surface area (Å²) in [7, 11) is 0. The fourth-order valence-electron chi connectivity index (χ4n) is 1.70. The number of carbonyl (C=O) groups excluding carboxylic acids is 1. The number of carboxylic acid groups (broad SMARTS) is 1. The Hall–Kier alpha value is -1.06. The van der Waals surface area contributed by atoms with E-state index in [2.05, 4.69) is 12.6 Å². The summed E-state index contributed by atoms with van der Waals surface area (Å²) in [5.74, 6) is -6.39. The molecule has 2 atom stereocenters. The first-order valence-electron chi connectivity index (χ1n) is 5.09. The van der Waals surface area contributed by atoms with Crippen LogP contribution in [0.15, 0.2) is 0 Å². The van der Waals surface area contributed by atoms with E-state index in [0.717, 1.165) is 0 Å². The maximum atomic E-state index is 13.0. The van der Waals surface area contributed by atoms with Crippen LogP contribution >= 0.6 is 12.6 Å². The molecule has 0 bridgehead atoms. The third-order valence-corrected chi connectivity index (χ3v) is 3.10. The van der Waals surface area contributed by atoms with Crippen LogP contribution in [0.4, 0.5) is 22.0 Å². The molecule has 1 amide bonds. The average molecular weight is 307 g/mol. The van der Waals surface area contributed by atoms with Crippen molar-refractivity contribution in [3.05, 3.63) is 0 Å². The van der Waals surface area contributed by atoms with E-state index in [4.69, 9.17) is 5.11 Å². The number of rotatable bonds is 3. The van der Waals surface area contributed by atoms with E-state index >= 15 is 0 Å². The Labute approximate surface area is 110 Å². The van der Waals surface area contributed by atoms with Gasteiger partial charge in [0.2, 0.25) is 5.91 Å². The number of alkyl halides is 5. The van der Waals surface area contributed by atoms with Gasteiger partial charge in [0.1, 0.15) is 11.3 Å². The van der Waals surface area contributed by atoms with Crippen molar-refractivity contribution in [3.8, 4) is 0 Å². The molecule has 1 fully saturated rings. The summed E-state index contributed by atoms with van der Waals surface area (Å²) < 4.78 is 62.7. The predicted molar refractivity (Wildman–Crippen MR) is 56.1 cm³/mol. The molecular formula is C9H10F5NO3S. The first-order chi connectivity index (χ1) is 8.44. The zero-order valence-corrected chi connectivity index (χ0v) is 10.2. The van der Waals surface area contributed by atoms with Gasteiger partial charge in [0.05, 0.1) is 6.54 Å². The van der Waals surface area contributed by atoms with Crippen LogP contribution in [0.25, 0.3) is 0 Å². The molecule has 4 nitrogen and oxygen atoms in total. The van der Waals surface area contributed by atoms with Crippen molar-refractivity contribution in [2.45, 2.75) is 36.2 Å². The predicted octanol–water partition coefficient (Wildman–Crippen LogP) is 1.56. The molecule has 1 saturated heterocycles. The number of amides is 1. The van der Waals surface area contributed by atoms with Gasteiger partial charge in [0.15, 0.2) is 0 Å². The van der Waals surface area contributed by atoms with Crippen molar-refractivity contribution in [3.63, 3.8) is 0 Å². The normalized spacial score (nSPS) is 24.3. The lowest BCUT2D eigenvalue weighted by atomic mass is 10.2. The molecular weight excluding hydrogens is 297 g/mol. The highest BCUT2D eigenvalue weighted by atomic mass is 32.1. The van der Waals surface area contributed by atoms with Crippen LogP contribution in [0.2, 0.25) is 0 Å². The zero-order chi connectivity index (χ0) is 15.0. The summed E-state index contributed by atoms with van der Waals surface area (Å²) in [5, 5.41) is 6.37. The van der Waals surface area contributed by atoms with Gasteiger partial charge in [0, 0.05) is 12.8 Å². The van der Waals surface area contributed by atoms with Crippen molar-refractivity contribution in [2.24, 2.45) is 0 Å². The fourth-order valence-corrected chi connectivity index (χ4v) is 1.85. The van der Waals surface area contributed by atoms with Gasteiger partial charge in [-0.2, -0.15) is 25.8 Å². The number of hydrogen-bond donors (Lipinski definition) is 2. The third kappa shape index (κ3) is 3.95. The number of hydrogen-bond acceptors (Lipinski definition) is 3. The second-order valence-corrected chi connectivity index (χ2v) is 4.82. The van der Waals surface area contributed by atoms with Crippen molar-refractivity contribution >= 4 is 24.5 Å². The van der Waals surface area contributed by atoms with Crippen LogP contribution in [0, 0.1) is 0 Å². The van der Waals surface area contributed by atoms with E-state index in [1.54, 1.807) is 0 Å². The summed E-state index contributed by atoms with van der Waals surface area (Å²) in [6, 6.07) is -1.81. The number of carbonyl (C=O) groups is 2. The van der Waals surface area contributed by atoms with Crippen LogP contribution in [0.5, 0.6) is 0 Å². The number of aliphatic carboxylic acids is 1. The minimum Gasteiger partial charge on any atom is -0.480 e. The molecule has 0 aromatic heterocycles.